The van der Waals surface area contributed by atoms with E-state index in [0.29, 0.717) is 18.5 Å². The van der Waals surface area contributed by atoms with Gasteiger partial charge >= 0.3 is 0 Å². The van der Waals surface area contributed by atoms with Gasteiger partial charge in [0, 0.05) is 36.1 Å². The van der Waals surface area contributed by atoms with Gasteiger partial charge < -0.3 is 15.5 Å². The molecule has 0 atom stereocenters. The topological polar surface area (TPSA) is 56.7 Å². The minimum absolute atomic E-state index is 0. The molecule has 1 amide bonds. The molecule has 2 N–H and O–H groups in total. The number of hydrogen-bond donors (Lipinski definition) is 2. The zero-order valence-corrected chi connectivity index (χ0v) is 21.1. The van der Waals surface area contributed by atoms with E-state index in [1.165, 1.54) is 5.56 Å². The predicted molar refractivity (Wildman–Crippen MR) is 131 cm³/mol. The molecule has 1 aliphatic heterocycles. The molecule has 0 radical (unpaired) electrons. The van der Waals surface area contributed by atoms with E-state index in [0.717, 1.165) is 55.7 Å². The van der Waals surface area contributed by atoms with Crippen molar-refractivity contribution in [1.29, 1.82) is 0 Å². The van der Waals surface area contributed by atoms with Crippen molar-refractivity contribution in [2.45, 2.75) is 59.0 Å². The molecule has 0 aromatic heterocycles. The number of hydrogen-bond acceptors (Lipinski definition) is 2. The van der Waals surface area contributed by atoms with Crippen LogP contribution < -0.4 is 10.6 Å². The number of rotatable bonds is 7. The third-order valence-corrected chi connectivity index (χ3v) is 5.69. The summed E-state index contributed by atoms with van der Waals surface area (Å²) in [5, 5.41) is 6.88. The number of piperidine rings is 1. The Balaban J connectivity index is 0.00000392. The third-order valence-electron chi connectivity index (χ3n) is 5.16. The highest BCUT2D eigenvalue weighted by Gasteiger charge is 2.26. The van der Waals surface area contributed by atoms with Crippen molar-refractivity contribution in [3.63, 3.8) is 0 Å². The van der Waals surface area contributed by atoms with Gasteiger partial charge in [0.15, 0.2) is 5.96 Å². The van der Waals surface area contributed by atoms with Crippen LogP contribution >= 0.6 is 39.9 Å². The van der Waals surface area contributed by atoms with Crippen LogP contribution in [0.25, 0.3) is 0 Å². The molecule has 1 saturated heterocycles. The van der Waals surface area contributed by atoms with E-state index in [4.69, 9.17) is 4.99 Å². The zero-order valence-electron chi connectivity index (χ0n) is 17.2. The highest BCUT2D eigenvalue weighted by atomic mass is 127. The first-order valence-corrected chi connectivity index (χ1v) is 10.9. The molecule has 1 heterocycles. The summed E-state index contributed by atoms with van der Waals surface area (Å²) in [6.07, 6.45) is 3.80. The first-order chi connectivity index (χ1) is 13.1. The normalized spacial score (nSPS) is 15.3. The maximum absolute atomic E-state index is 12.5. The second-order valence-electron chi connectivity index (χ2n) is 7.08. The van der Waals surface area contributed by atoms with Crippen molar-refractivity contribution in [1.82, 2.24) is 15.5 Å². The highest BCUT2D eigenvalue weighted by Crippen LogP contribution is 2.17. The first kappa shape index (κ1) is 25.2. The van der Waals surface area contributed by atoms with Crippen LogP contribution in [-0.2, 0) is 11.3 Å². The number of carbonyl (C=O) groups is 1. The van der Waals surface area contributed by atoms with E-state index < -0.39 is 0 Å². The van der Waals surface area contributed by atoms with E-state index in [1.807, 2.05) is 17.0 Å². The minimum Gasteiger partial charge on any atom is -0.357 e. The summed E-state index contributed by atoms with van der Waals surface area (Å²) in [4.78, 5) is 19.3. The molecule has 0 bridgehead atoms. The van der Waals surface area contributed by atoms with Gasteiger partial charge in [-0.15, -0.1) is 24.0 Å². The summed E-state index contributed by atoms with van der Waals surface area (Å²) in [5.74, 6) is 1.36. The fourth-order valence-corrected chi connectivity index (χ4v) is 3.68. The number of guanidine groups is 1. The number of benzene rings is 1. The fraction of sp³-hybridized carbons (Fsp3) is 0.619. The lowest BCUT2D eigenvalue weighted by Crippen LogP contribution is -2.50. The standard InChI is InChI=1S/C21H33BrN4O.HI/c1-4-17(5-2)20(27)26-13-11-19(12-14-26)25-21(23-6-3)24-15-16-7-9-18(22)10-8-16;/h7-10,17,19H,4-6,11-15H2,1-3H3,(H2,23,24,25);1H. The highest BCUT2D eigenvalue weighted by molar-refractivity contribution is 14.0. The summed E-state index contributed by atoms with van der Waals surface area (Å²) in [6, 6.07) is 8.60. The van der Waals surface area contributed by atoms with E-state index in [9.17, 15) is 4.79 Å². The maximum atomic E-state index is 12.5. The molecule has 5 nitrogen and oxygen atoms in total. The van der Waals surface area contributed by atoms with Crippen molar-refractivity contribution in [3.8, 4) is 0 Å². The van der Waals surface area contributed by atoms with Crippen LogP contribution in [-0.4, -0.2) is 42.4 Å². The Morgan fingerprint density at radius 3 is 2.32 bits per heavy atom. The lowest BCUT2D eigenvalue weighted by atomic mass is 9.98. The summed E-state index contributed by atoms with van der Waals surface area (Å²) < 4.78 is 1.08. The molecule has 1 aromatic rings. The number of halogens is 2. The van der Waals surface area contributed by atoms with Gasteiger partial charge in [0.25, 0.3) is 0 Å². The molecule has 28 heavy (non-hydrogen) atoms. The Labute approximate surface area is 195 Å². The molecule has 1 aliphatic rings. The molecule has 2 rings (SSSR count). The van der Waals surface area contributed by atoms with Gasteiger partial charge in [-0.05, 0) is 50.3 Å². The number of carbonyl (C=O) groups excluding carboxylic acids is 1. The summed E-state index contributed by atoms with van der Waals surface area (Å²) in [5.41, 5.74) is 1.18. The maximum Gasteiger partial charge on any atom is 0.225 e. The molecule has 158 valence electrons. The zero-order chi connectivity index (χ0) is 19.6. The quantitative estimate of drug-likeness (QED) is 0.290. The molecular formula is C21H34BrIN4O. The minimum atomic E-state index is 0. The van der Waals surface area contributed by atoms with E-state index >= 15 is 0 Å². The van der Waals surface area contributed by atoms with Crippen molar-refractivity contribution >= 4 is 51.8 Å². The lowest BCUT2D eigenvalue weighted by Gasteiger charge is -2.34. The molecule has 7 heteroatoms. The molecule has 1 aromatic carbocycles. The van der Waals surface area contributed by atoms with Crippen LogP contribution in [0.5, 0.6) is 0 Å². The van der Waals surface area contributed by atoms with Crippen LogP contribution in [0.3, 0.4) is 0 Å². The van der Waals surface area contributed by atoms with E-state index in [-0.39, 0.29) is 29.9 Å². The largest absolute Gasteiger partial charge is 0.357 e. The Hall–Kier alpha value is -0.830. The number of likely N-dealkylation sites (tertiary alicyclic amines) is 1. The monoisotopic (exact) mass is 564 g/mol. The molecule has 0 unspecified atom stereocenters. The third kappa shape index (κ3) is 7.89. The van der Waals surface area contributed by atoms with Crippen molar-refractivity contribution < 1.29 is 4.79 Å². The Morgan fingerprint density at radius 1 is 1.18 bits per heavy atom. The van der Waals surface area contributed by atoms with Gasteiger partial charge in [-0.3, -0.25) is 4.79 Å². The first-order valence-electron chi connectivity index (χ1n) is 10.1. The van der Waals surface area contributed by atoms with Gasteiger partial charge in [-0.2, -0.15) is 0 Å². The molecule has 1 fully saturated rings. The summed E-state index contributed by atoms with van der Waals surface area (Å²) in [6.45, 7) is 9.43. The average Bonchev–Trinajstić information content (AvgIpc) is 2.69. The van der Waals surface area contributed by atoms with Gasteiger partial charge in [-0.1, -0.05) is 41.9 Å². The number of aliphatic imine (C=N–C) groups is 1. The van der Waals surface area contributed by atoms with Crippen LogP contribution in [0, 0.1) is 5.92 Å². The molecule has 0 spiro atoms. The van der Waals surface area contributed by atoms with Gasteiger partial charge in [-0.25, -0.2) is 4.99 Å². The molecule has 0 aliphatic carbocycles. The Morgan fingerprint density at radius 2 is 1.79 bits per heavy atom. The van der Waals surface area contributed by atoms with Crippen molar-refractivity contribution in [2.75, 3.05) is 19.6 Å². The summed E-state index contributed by atoms with van der Waals surface area (Å²) >= 11 is 3.46. The van der Waals surface area contributed by atoms with Gasteiger partial charge in [0.05, 0.1) is 6.54 Å². The Bertz CT molecular complexity index is 611. The smallest absolute Gasteiger partial charge is 0.225 e. The van der Waals surface area contributed by atoms with Gasteiger partial charge in [0.1, 0.15) is 0 Å². The van der Waals surface area contributed by atoms with Gasteiger partial charge in [0.2, 0.25) is 5.91 Å². The van der Waals surface area contributed by atoms with Crippen molar-refractivity contribution in [3.05, 3.63) is 34.3 Å². The van der Waals surface area contributed by atoms with Crippen LogP contribution in [0.1, 0.15) is 52.0 Å². The van der Waals surface area contributed by atoms with E-state index in [2.05, 4.69) is 59.5 Å². The Kier molecular flexibility index (Phi) is 12.1. The van der Waals surface area contributed by atoms with E-state index in [1.54, 1.807) is 0 Å². The van der Waals surface area contributed by atoms with Crippen LogP contribution in [0.4, 0.5) is 0 Å². The lowest BCUT2D eigenvalue weighted by molar-refractivity contribution is -0.136. The van der Waals surface area contributed by atoms with Crippen LogP contribution in [0.15, 0.2) is 33.7 Å². The average molecular weight is 565 g/mol. The SMILES string of the molecule is CCNC(=NCc1ccc(Br)cc1)NC1CCN(C(=O)C(CC)CC)CC1.I. The predicted octanol–water partition coefficient (Wildman–Crippen LogP) is 4.55. The number of nitrogens with one attached hydrogen (secondary N) is 2. The molecular weight excluding hydrogens is 531 g/mol. The summed E-state index contributed by atoms with van der Waals surface area (Å²) in [7, 11) is 0. The number of nitrogens with zero attached hydrogens (tertiary/aromatic N) is 2. The number of amides is 1. The van der Waals surface area contributed by atoms with Crippen LogP contribution in [0.2, 0.25) is 0 Å². The second-order valence-corrected chi connectivity index (χ2v) is 7.99. The van der Waals surface area contributed by atoms with Crippen molar-refractivity contribution in [2.24, 2.45) is 10.9 Å². The molecule has 0 saturated carbocycles. The second kappa shape index (κ2) is 13.4. The fourth-order valence-electron chi connectivity index (χ4n) is 3.41.